The summed E-state index contributed by atoms with van der Waals surface area (Å²) in [7, 11) is 0. The zero-order valence-electron chi connectivity index (χ0n) is 12.9. The van der Waals surface area contributed by atoms with E-state index in [-0.39, 0.29) is 0 Å². The fourth-order valence-electron chi connectivity index (χ4n) is 2.47. The van der Waals surface area contributed by atoms with Crippen molar-refractivity contribution >= 4 is 22.3 Å². The Morgan fingerprint density at radius 3 is 2.21 bits per heavy atom. The van der Waals surface area contributed by atoms with Crippen molar-refractivity contribution in [3.8, 4) is 11.6 Å². The van der Waals surface area contributed by atoms with E-state index in [9.17, 15) is 0 Å². The van der Waals surface area contributed by atoms with E-state index in [1.165, 1.54) is 6.33 Å². The molecule has 0 aliphatic rings. The first-order valence-electron chi connectivity index (χ1n) is 7.68. The van der Waals surface area contributed by atoms with Crippen LogP contribution in [0.1, 0.15) is 0 Å². The Morgan fingerprint density at radius 1 is 0.667 bits per heavy atom. The first-order valence-corrected chi connectivity index (χ1v) is 7.68. The first kappa shape index (κ1) is 14.2. The molecule has 1 heterocycles. The molecule has 0 aliphatic carbocycles. The van der Waals surface area contributed by atoms with Crippen molar-refractivity contribution in [2.75, 3.05) is 5.32 Å². The van der Waals surface area contributed by atoms with E-state index in [0.717, 1.165) is 28.0 Å². The van der Waals surface area contributed by atoms with Crippen LogP contribution in [0.5, 0.6) is 11.6 Å². The standard InChI is InChI=1S/C20H15N3O/c1-2-6-15(7-3-1)23-16-10-12-17(13-11-16)24-20-18-8-4-5-9-19(18)21-14-22-20/h1-14,23H. The summed E-state index contributed by atoms with van der Waals surface area (Å²) in [6.07, 6.45) is 1.52. The molecule has 4 rings (SSSR count). The van der Waals surface area contributed by atoms with E-state index in [1.54, 1.807) is 0 Å². The van der Waals surface area contributed by atoms with E-state index in [1.807, 2.05) is 78.9 Å². The number of para-hydroxylation sites is 2. The van der Waals surface area contributed by atoms with Crippen molar-refractivity contribution < 1.29 is 4.74 Å². The fourth-order valence-corrected chi connectivity index (χ4v) is 2.47. The van der Waals surface area contributed by atoms with Gasteiger partial charge in [0.1, 0.15) is 12.1 Å². The molecule has 4 aromatic rings. The third-order valence-electron chi connectivity index (χ3n) is 3.64. The van der Waals surface area contributed by atoms with Crippen molar-refractivity contribution in [1.82, 2.24) is 9.97 Å². The summed E-state index contributed by atoms with van der Waals surface area (Å²) in [5.74, 6) is 1.29. The molecule has 3 aromatic carbocycles. The van der Waals surface area contributed by atoms with Crippen molar-refractivity contribution in [3.05, 3.63) is 85.2 Å². The second-order valence-corrected chi connectivity index (χ2v) is 5.31. The summed E-state index contributed by atoms with van der Waals surface area (Å²) in [5, 5.41) is 4.24. The predicted molar refractivity (Wildman–Crippen MR) is 95.8 cm³/mol. The summed E-state index contributed by atoms with van der Waals surface area (Å²) in [6, 6.07) is 25.6. The van der Waals surface area contributed by atoms with Crippen LogP contribution in [0.25, 0.3) is 10.9 Å². The van der Waals surface area contributed by atoms with Gasteiger partial charge in [-0.3, -0.25) is 0 Å². The lowest BCUT2D eigenvalue weighted by atomic mass is 10.2. The number of ether oxygens (including phenoxy) is 1. The first-order chi connectivity index (χ1) is 11.9. The number of aromatic nitrogens is 2. The van der Waals surface area contributed by atoms with Gasteiger partial charge in [0.2, 0.25) is 5.88 Å². The highest BCUT2D eigenvalue weighted by atomic mass is 16.5. The van der Waals surface area contributed by atoms with Crippen LogP contribution in [0.4, 0.5) is 11.4 Å². The SMILES string of the molecule is c1ccc(Nc2ccc(Oc3ncnc4ccccc34)cc2)cc1. The lowest BCUT2D eigenvalue weighted by Crippen LogP contribution is -1.92. The van der Waals surface area contributed by atoms with Gasteiger partial charge in [-0.2, -0.15) is 0 Å². The van der Waals surface area contributed by atoms with E-state index in [2.05, 4.69) is 15.3 Å². The average Bonchev–Trinajstić information content (AvgIpc) is 2.65. The molecule has 0 spiro atoms. The Bertz CT molecular complexity index is 948. The Labute approximate surface area is 139 Å². The molecule has 0 atom stereocenters. The summed E-state index contributed by atoms with van der Waals surface area (Å²) >= 11 is 0. The van der Waals surface area contributed by atoms with Gasteiger partial charge >= 0.3 is 0 Å². The Hall–Kier alpha value is -3.40. The number of anilines is 2. The minimum absolute atomic E-state index is 0.560. The zero-order chi connectivity index (χ0) is 16.2. The van der Waals surface area contributed by atoms with E-state index in [4.69, 9.17) is 4.74 Å². The summed E-state index contributed by atoms with van der Waals surface area (Å²) in [6.45, 7) is 0. The van der Waals surface area contributed by atoms with Gasteiger partial charge in [-0.05, 0) is 48.5 Å². The van der Waals surface area contributed by atoms with E-state index in [0.29, 0.717) is 5.88 Å². The van der Waals surface area contributed by atoms with Crippen LogP contribution in [-0.2, 0) is 0 Å². The molecule has 116 valence electrons. The lowest BCUT2D eigenvalue weighted by Gasteiger charge is -2.09. The van der Waals surface area contributed by atoms with Crippen LogP contribution < -0.4 is 10.1 Å². The molecule has 0 fully saturated rings. The van der Waals surface area contributed by atoms with Crippen LogP contribution in [-0.4, -0.2) is 9.97 Å². The Morgan fingerprint density at radius 2 is 1.38 bits per heavy atom. The number of hydrogen-bond donors (Lipinski definition) is 1. The Balaban J connectivity index is 1.55. The van der Waals surface area contributed by atoms with E-state index < -0.39 is 0 Å². The number of nitrogens with one attached hydrogen (secondary N) is 1. The van der Waals surface area contributed by atoms with Gasteiger partial charge in [0.25, 0.3) is 0 Å². The second kappa shape index (κ2) is 6.38. The molecule has 0 aliphatic heterocycles. The van der Waals surface area contributed by atoms with Gasteiger partial charge in [0, 0.05) is 11.4 Å². The monoisotopic (exact) mass is 313 g/mol. The number of nitrogens with zero attached hydrogens (tertiary/aromatic N) is 2. The van der Waals surface area contributed by atoms with Crippen molar-refractivity contribution in [2.45, 2.75) is 0 Å². The quantitative estimate of drug-likeness (QED) is 0.565. The molecule has 1 N–H and O–H groups in total. The smallest absolute Gasteiger partial charge is 0.230 e. The van der Waals surface area contributed by atoms with Gasteiger partial charge in [-0.25, -0.2) is 9.97 Å². The number of benzene rings is 3. The summed E-state index contributed by atoms with van der Waals surface area (Å²) in [4.78, 5) is 8.49. The molecule has 4 nitrogen and oxygen atoms in total. The van der Waals surface area contributed by atoms with Gasteiger partial charge in [-0.1, -0.05) is 30.3 Å². The molecule has 1 aromatic heterocycles. The normalized spacial score (nSPS) is 10.5. The molecule has 0 saturated heterocycles. The molecule has 0 bridgehead atoms. The fraction of sp³-hybridized carbons (Fsp3) is 0. The largest absolute Gasteiger partial charge is 0.438 e. The van der Waals surface area contributed by atoms with Crippen LogP contribution in [0.15, 0.2) is 85.2 Å². The topological polar surface area (TPSA) is 47.0 Å². The third-order valence-corrected chi connectivity index (χ3v) is 3.64. The zero-order valence-corrected chi connectivity index (χ0v) is 12.9. The highest BCUT2D eigenvalue weighted by Crippen LogP contribution is 2.27. The maximum Gasteiger partial charge on any atom is 0.230 e. The number of fused-ring (bicyclic) bond motifs is 1. The van der Waals surface area contributed by atoms with Gasteiger partial charge in [0.05, 0.1) is 10.9 Å². The van der Waals surface area contributed by atoms with E-state index >= 15 is 0 Å². The van der Waals surface area contributed by atoms with Crippen LogP contribution in [0.2, 0.25) is 0 Å². The number of hydrogen-bond acceptors (Lipinski definition) is 4. The molecule has 0 radical (unpaired) electrons. The summed E-state index contributed by atoms with van der Waals surface area (Å²) in [5.41, 5.74) is 2.92. The molecule has 4 heteroatoms. The molecule has 0 saturated carbocycles. The lowest BCUT2D eigenvalue weighted by molar-refractivity contribution is 0.468. The van der Waals surface area contributed by atoms with Gasteiger partial charge in [0.15, 0.2) is 0 Å². The van der Waals surface area contributed by atoms with Crippen LogP contribution in [0, 0.1) is 0 Å². The average molecular weight is 313 g/mol. The maximum atomic E-state index is 5.92. The molecule has 0 unspecified atom stereocenters. The highest BCUT2D eigenvalue weighted by molar-refractivity contribution is 5.83. The molecular formula is C20H15N3O. The van der Waals surface area contributed by atoms with Crippen LogP contribution >= 0.6 is 0 Å². The van der Waals surface area contributed by atoms with Gasteiger partial charge < -0.3 is 10.1 Å². The van der Waals surface area contributed by atoms with Crippen molar-refractivity contribution in [2.24, 2.45) is 0 Å². The van der Waals surface area contributed by atoms with Gasteiger partial charge in [-0.15, -0.1) is 0 Å². The molecular weight excluding hydrogens is 298 g/mol. The van der Waals surface area contributed by atoms with Crippen molar-refractivity contribution in [1.29, 1.82) is 0 Å². The third kappa shape index (κ3) is 3.03. The predicted octanol–water partition coefficient (Wildman–Crippen LogP) is 5.17. The Kier molecular flexibility index (Phi) is 3.78. The van der Waals surface area contributed by atoms with Crippen molar-refractivity contribution in [3.63, 3.8) is 0 Å². The molecule has 24 heavy (non-hydrogen) atoms. The minimum atomic E-state index is 0.560. The molecule has 0 amide bonds. The van der Waals surface area contributed by atoms with Crippen LogP contribution in [0.3, 0.4) is 0 Å². The number of rotatable bonds is 4. The minimum Gasteiger partial charge on any atom is -0.438 e. The maximum absolute atomic E-state index is 5.92. The second-order valence-electron chi connectivity index (χ2n) is 5.31. The highest BCUT2D eigenvalue weighted by Gasteiger charge is 2.05. The summed E-state index contributed by atoms with van der Waals surface area (Å²) < 4.78 is 5.92.